The zero-order valence-corrected chi connectivity index (χ0v) is 17.7. The normalized spacial score (nSPS) is 23.4. The molecule has 0 saturated heterocycles. The number of carbonyl (C=O) groups is 2. The number of hydrogen-bond acceptors (Lipinski definition) is 5. The minimum absolute atomic E-state index is 0.0145. The zero-order chi connectivity index (χ0) is 20.9. The molecule has 0 aliphatic heterocycles. The van der Waals surface area contributed by atoms with Crippen molar-refractivity contribution in [2.45, 2.75) is 32.1 Å². The van der Waals surface area contributed by atoms with Crippen LogP contribution in [0.25, 0.3) is 0 Å². The number of carbonyl (C=O) groups excluding carboxylic acids is 2. The van der Waals surface area contributed by atoms with E-state index in [0.717, 1.165) is 6.42 Å². The molecule has 1 aromatic heterocycles. The summed E-state index contributed by atoms with van der Waals surface area (Å²) in [4.78, 5) is 29.7. The van der Waals surface area contributed by atoms with Crippen molar-refractivity contribution in [3.63, 3.8) is 0 Å². The third-order valence-electron chi connectivity index (χ3n) is 6.36. The Hall–Kier alpha value is -2.99. The van der Waals surface area contributed by atoms with Gasteiger partial charge in [0.15, 0.2) is 10.8 Å². The third-order valence-corrected chi connectivity index (χ3v) is 7.12. The molecule has 3 aliphatic rings. The maximum absolute atomic E-state index is 13.5. The van der Waals surface area contributed by atoms with Crippen molar-refractivity contribution < 1.29 is 14.3 Å². The minimum atomic E-state index is -0.608. The van der Waals surface area contributed by atoms with E-state index in [9.17, 15) is 9.59 Å². The fourth-order valence-corrected chi connectivity index (χ4v) is 5.73. The molecule has 30 heavy (non-hydrogen) atoms. The number of fused-ring (bicyclic) bond motifs is 1. The lowest BCUT2D eigenvalue weighted by atomic mass is 9.52. The van der Waals surface area contributed by atoms with Crippen LogP contribution in [0, 0.1) is 5.41 Å². The van der Waals surface area contributed by atoms with Crippen molar-refractivity contribution >= 4 is 28.3 Å². The van der Waals surface area contributed by atoms with Crippen LogP contribution < -0.4 is 5.32 Å². The average Bonchev–Trinajstić information content (AvgIpc) is 3.23. The highest BCUT2D eigenvalue weighted by atomic mass is 32.1. The molecular formula is C24H22N2O3S. The van der Waals surface area contributed by atoms with Crippen LogP contribution in [-0.2, 0) is 9.53 Å². The van der Waals surface area contributed by atoms with E-state index in [4.69, 9.17) is 4.74 Å². The van der Waals surface area contributed by atoms with Crippen LogP contribution >= 0.6 is 11.3 Å². The van der Waals surface area contributed by atoms with E-state index in [-0.39, 0.29) is 30.0 Å². The first-order valence-corrected chi connectivity index (χ1v) is 11.0. The number of hydrogen-bond donors (Lipinski definition) is 1. The van der Waals surface area contributed by atoms with Crippen LogP contribution in [0.2, 0.25) is 0 Å². The van der Waals surface area contributed by atoms with E-state index in [1.54, 1.807) is 12.3 Å². The second kappa shape index (κ2) is 7.06. The zero-order valence-electron chi connectivity index (χ0n) is 16.8. The smallest absolute Gasteiger partial charge is 0.357 e. The summed E-state index contributed by atoms with van der Waals surface area (Å²) in [5.74, 6) is -0.352. The summed E-state index contributed by atoms with van der Waals surface area (Å²) in [6.45, 7) is 4.09. The number of benzene rings is 2. The van der Waals surface area contributed by atoms with E-state index in [2.05, 4.69) is 46.7 Å². The molecule has 0 fully saturated rings. The van der Waals surface area contributed by atoms with E-state index >= 15 is 0 Å². The second-order valence-corrected chi connectivity index (χ2v) is 8.94. The van der Waals surface area contributed by atoms with Gasteiger partial charge in [0.05, 0.1) is 12.0 Å². The summed E-state index contributed by atoms with van der Waals surface area (Å²) < 4.78 is 4.99. The summed E-state index contributed by atoms with van der Waals surface area (Å²) >= 11 is 1.24. The highest BCUT2D eigenvalue weighted by Gasteiger charge is 2.53. The number of aromatic nitrogens is 1. The van der Waals surface area contributed by atoms with E-state index in [0.29, 0.717) is 5.13 Å². The predicted octanol–water partition coefficient (Wildman–Crippen LogP) is 4.95. The van der Waals surface area contributed by atoms with Gasteiger partial charge in [0.25, 0.3) is 0 Å². The number of anilines is 1. The number of thiazole rings is 1. The Labute approximate surface area is 179 Å². The Morgan fingerprint density at radius 1 is 1.10 bits per heavy atom. The topological polar surface area (TPSA) is 68.3 Å². The van der Waals surface area contributed by atoms with Crippen LogP contribution in [-0.4, -0.2) is 23.5 Å². The lowest BCUT2D eigenvalue weighted by Crippen LogP contribution is -2.47. The lowest BCUT2D eigenvalue weighted by Gasteiger charge is -2.50. The molecule has 3 aliphatic carbocycles. The first kappa shape index (κ1) is 19.0. The Bertz CT molecular complexity index is 1110. The van der Waals surface area contributed by atoms with Gasteiger partial charge >= 0.3 is 5.97 Å². The van der Waals surface area contributed by atoms with Crippen LogP contribution in [0.4, 0.5) is 5.13 Å². The minimum Gasteiger partial charge on any atom is -0.461 e. The van der Waals surface area contributed by atoms with Gasteiger partial charge in [-0.2, -0.15) is 0 Å². The van der Waals surface area contributed by atoms with Gasteiger partial charge in [-0.05, 0) is 42.5 Å². The van der Waals surface area contributed by atoms with Gasteiger partial charge in [-0.3, -0.25) is 4.79 Å². The average molecular weight is 419 g/mol. The van der Waals surface area contributed by atoms with E-state index in [1.807, 2.05) is 19.1 Å². The quantitative estimate of drug-likeness (QED) is 0.609. The number of ether oxygens (including phenoxy) is 1. The molecule has 3 aromatic rings. The van der Waals surface area contributed by atoms with Crippen molar-refractivity contribution in [1.29, 1.82) is 0 Å². The van der Waals surface area contributed by atoms with Crippen LogP contribution in [0.15, 0.2) is 53.9 Å². The van der Waals surface area contributed by atoms with Crippen molar-refractivity contribution in [3.05, 3.63) is 81.9 Å². The standard InChI is InChI=1S/C24H22N2O3S/c1-3-29-21(27)19-13-30-23(25-19)26-22(28)24(2)12-18-14-8-4-6-10-16(14)20(24)17-11-7-5-9-15(17)18/h4-11,13,18,20H,3,12H2,1-2H3,(H,25,26,28). The largest absolute Gasteiger partial charge is 0.461 e. The maximum Gasteiger partial charge on any atom is 0.357 e. The summed E-state index contributed by atoms with van der Waals surface area (Å²) in [5.41, 5.74) is 4.73. The first-order valence-electron chi connectivity index (χ1n) is 10.1. The third kappa shape index (κ3) is 2.78. The van der Waals surface area contributed by atoms with Crippen molar-refractivity contribution in [1.82, 2.24) is 4.98 Å². The molecule has 1 amide bonds. The fraction of sp³-hybridized carbons (Fsp3) is 0.292. The molecule has 1 atom stereocenters. The Morgan fingerprint density at radius 2 is 1.70 bits per heavy atom. The molecule has 1 N–H and O–H groups in total. The summed E-state index contributed by atoms with van der Waals surface area (Å²) in [5, 5.41) is 5.02. The van der Waals surface area contributed by atoms with Crippen molar-refractivity contribution in [3.8, 4) is 0 Å². The molecule has 1 heterocycles. The molecule has 0 radical (unpaired) electrons. The molecule has 0 saturated carbocycles. The number of amides is 1. The van der Waals surface area contributed by atoms with Gasteiger partial charge in [-0.1, -0.05) is 48.5 Å². The number of rotatable bonds is 4. The first-order chi connectivity index (χ1) is 14.5. The Kier molecular flexibility index (Phi) is 4.47. The van der Waals surface area contributed by atoms with Gasteiger partial charge in [-0.25, -0.2) is 9.78 Å². The van der Waals surface area contributed by atoms with Gasteiger partial charge in [0.2, 0.25) is 5.91 Å². The summed E-state index contributed by atoms with van der Waals surface area (Å²) in [6, 6.07) is 16.9. The molecule has 2 bridgehead atoms. The maximum atomic E-state index is 13.5. The number of esters is 1. The Balaban J connectivity index is 1.49. The van der Waals surface area contributed by atoms with Gasteiger partial charge < -0.3 is 10.1 Å². The monoisotopic (exact) mass is 418 g/mol. The molecule has 5 nitrogen and oxygen atoms in total. The SMILES string of the molecule is CCOC(=O)c1csc(NC(=O)C2(C)CC3c4ccccc4C2c2ccccc23)n1. The molecule has 6 rings (SSSR count). The van der Waals surface area contributed by atoms with E-state index in [1.165, 1.54) is 33.6 Å². The highest BCUT2D eigenvalue weighted by molar-refractivity contribution is 7.14. The fourth-order valence-electron chi connectivity index (χ4n) is 5.06. The van der Waals surface area contributed by atoms with Crippen LogP contribution in [0.1, 0.15) is 64.8 Å². The predicted molar refractivity (Wildman–Crippen MR) is 116 cm³/mol. The lowest BCUT2D eigenvalue weighted by molar-refractivity contribution is -0.126. The number of nitrogens with one attached hydrogen (secondary N) is 1. The molecule has 0 spiro atoms. The summed E-state index contributed by atoms with van der Waals surface area (Å²) in [7, 11) is 0. The van der Waals surface area contributed by atoms with Crippen LogP contribution in [0.5, 0.6) is 0 Å². The van der Waals surface area contributed by atoms with E-state index < -0.39 is 11.4 Å². The van der Waals surface area contributed by atoms with Gasteiger partial charge in [-0.15, -0.1) is 11.3 Å². The molecule has 2 aromatic carbocycles. The van der Waals surface area contributed by atoms with Crippen molar-refractivity contribution in [2.24, 2.45) is 5.41 Å². The number of nitrogens with zero attached hydrogens (tertiary/aromatic N) is 1. The molecule has 1 unspecified atom stereocenters. The van der Waals surface area contributed by atoms with Crippen LogP contribution in [0.3, 0.4) is 0 Å². The summed E-state index contributed by atoms with van der Waals surface area (Å²) in [6.07, 6.45) is 0.744. The van der Waals surface area contributed by atoms with Gasteiger partial charge in [0, 0.05) is 17.2 Å². The molecule has 6 heteroatoms. The van der Waals surface area contributed by atoms with Gasteiger partial charge in [0.1, 0.15) is 0 Å². The Morgan fingerprint density at radius 3 is 2.30 bits per heavy atom. The van der Waals surface area contributed by atoms with Crippen molar-refractivity contribution in [2.75, 3.05) is 11.9 Å². The highest BCUT2D eigenvalue weighted by Crippen LogP contribution is 2.61. The molecular weight excluding hydrogens is 396 g/mol. The second-order valence-electron chi connectivity index (χ2n) is 8.08. The molecule has 152 valence electrons.